The van der Waals surface area contributed by atoms with Crippen molar-refractivity contribution in [1.29, 1.82) is 0 Å². The van der Waals surface area contributed by atoms with Gasteiger partial charge in [0.1, 0.15) is 0 Å². The molecule has 23 heavy (non-hydrogen) atoms. The van der Waals surface area contributed by atoms with E-state index in [0.717, 1.165) is 13.1 Å². The molecule has 2 aromatic rings. The fourth-order valence-electron chi connectivity index (χ4n) is 3.42. The third kappa shape index (κ3) is 4.11. The van der Waals surface area contributed by atoms with Crippen LogP contribution in [0.3, 0.4) is 0 Å². The Morgan fingerprint density at radius 2 is 1.22 bits per heavy atom. The number of hydrogen-bond donors (Lipinski definition) is 0. The Labute approximate surface area is 140 Å². The molecule has 0 aromatic heterocycles. The van der Waals surface area contributed by atoms with E-state index in [-0.39, 0.29) is 0 Å². The lowest BCUT2D eigenvalue weighted by molar-refractivity contribution is 0.346. The number of nitrogens with zero attached hydrogens (tertiary/aromatic N) is 1. The van der Waals surface area contributed by atoms with E-state index >= 15 is 0 Å². The van der Waals surface area contributed by atoms with Crippen molar-refractivity contribution in [2.24, 2.45) is 0 Å². The van der Waals surface area contributed by atoms with Gasteiger partial charge in [0.25, 0.3) is 0 Å². The van der Waals surface area contributed by atoms with Crippen LogP contribution in [0.1, 0.15) is 43.7 Å². The maximum absolute atomic E-state index is 2.61. The highest BCUT2D eigenvalue weighted by Gasteiger charge is 2.23. The fourth-order valence-corrected chi connectivity index (χ4v) is 3.42. The summed E-state index contributed by atoms with van der Waals surface area (Å²) in [5.41, 5.74) is 5.77. The van der Waals surface area contributed by atoms with Gasteiger partial charge in [-0.15, -0.1) is 0 Å². The van der Waals surface area contributed by atoms with Gasteiger partial charge in [0.15, 0.2) is 0 Å². The van der Waals surface area contributed by atoms with Crippen LogP contribution in [0.5, 0.6) is 0 Å². The molecule has 0 bridgehead atoms. The monoisotopic (exact) mass is 305 g/mol. The average Bonchev–Trinajstić information content (AvgIpc) is 3.05. The summed E-state index contributed by atoms with van der Waals surface area (Å²) in [5, 5.41) is 0. The Morgan fingerprint density at radius 3 is 1.70 bits per heavy atom. The maximum atomic E-state index is 2.61. The topological polar surface area (TPSA) is 3.24 Å². The predicted molar refractivity (Wildman–Crippen MR) is 100 cm³/mol. The quantitative estimate of drug-likeness (QED) is 0.611. The second kappa shape index (κ2) is 8.12. The first-order valence-electron chi connectivity index (χ1n) is 8.93. The molecular weight excluding hydrogens is 278 g/mol. The molecule has 1 aliphatic heterocycles. The summed E-state index contributed by atoms with van der Waals surface area (Å²) in [4.78, 5) is 2.61. The van der Waals surface area contributed by atoms with Crippen LogP contribution in [0.15, 0.2) is 60.7 Å². The third-order valence-electron chi connectivity index (χ3n) is 4.70. The first-order valence-corrected chi connectivity index (χ1v) is 8.93. The van der Waals surface area contributed by atoms with Crippen molar-refractivity contribution in [3.05, 3.63) is 71.8 Å². The molecule has 2 aromatic carbocycles. The number of unbranched alkanes of at least 4 members (excludes halogenated alkanes) is 3. The van der Waals surface area contributed by atoms with Gasteiger partial charge in [-0.1, -0.05) is 86.8 Å². The normalized spacial score (nSPS) is 15.3. The molecule has 3 rings (SSSR count). The minimum atomic E-state index is 1.08. The van der Waals surface area contributed by atoms with Crippen LogP contribution in [-0.4, -0.2) is 24.5 Å². The van der Waals surface area contributed by atoms with Crippen LogP contribution in [-0.2, 0) is 0 Å². The van der Waals surface area contributed by atoms with Gasteiger partial charge in [-0.3, -0.25) is 4.90 Å². The van der Waals surface area contributed by atoms with E-state index in [2.05, 4.69) is 72.5 Å². The highest BCUT2D eigenvalue weighted by Crippen LogP contribution is 2.33. The molecule has 1 nitrogen and oxygen atoms in total. The van der Waals surface area contributed by atoms with Gasteiger partial charge in [-0.2, -0.15) is 0 Å². The number of benzene rings is 2. The lowest BCUT2D eigenvalue weighted by Gasteiger charge is -2.16. The Kier molecular flexibility index (Phi) is 5.65. The molecule has 0 N–H and O–H groups in total. The molecule has 0 saturated carbocycles. The predicted octanol–water partition coefficient (Wildman–Crippen LogP) is 5.49. The van der Waals surface area contributed by atoms with E-state index in [1.54, 1.807) is 0 Å². The summed E-state index contributed by atoms with van der Waals surface area (Å²) in [6, 6.07) is 21.8. The first kappa shape index (κ1) is 16.0. The Hall–Kier alpha value is -1.86. The van der Waals surface area contributed by atoms with Crippen LogP contribution in [0.4, 0.5) is 0 Å². The number of rotatable bonds is 7. The van der Waals surface area contributed by atoms with Gasteiger partial charge < -0.3 is 0 Å². The molecule has 0 aliphatic carbocycles. The zero-order valence-electron chi connectivity index (χ0n) is 14.2. The molecule has 1 aliphatic rings. The smallest absolute Gasteiger partial charge is 0.0246 e. The van der Waals surface area contributed by atoms with Crippen molar-refractivity contribution in [2.75, 3.05) is 19.6 Å². The van der Waals surface area contributed by atoms with Crippen molar-refractivity contribution in [3.63, 3.8) is 0 Å². The maximum Gasteiger partial charge on any atom is 0.0246 e. The van der Waals surface area contributed by atoms with Crippen molar-refractivity contribution >= 4 is 11.1 Å². The molecule has 0 fully saturated rings. The zero-order chi connectivity index (χ0) is 15.9. The van der Waals surface area contributed by atoms with E-state index in [1.165, 1.54) is 54.5 Å². The van der Waals surface area contributed by atoms with Crippen molar-refractivity contribution in [2.45, 2.75) is 32.6 Å². The highest BCUT2D eigenvalue weighted by atomic mass is 15.1. The van der Waals surface area contributed by atoms with Crippen LogP contribution < -0.4 is 0 Å². The Balaban J connectivity index is 1.78. The summed E-state index contributed by atoms with van der Waals surface area (Å²) in [6.45, 7) is 5.66. The first-order chi connectivity index (χ1) is 11.4. The van der Waals surface area contributed by atoms with Crippen LogP contribution in [0.2, 0.25) is 0 Å². The molecule has 0 unspecified atom stereocenters. The van der Waals surface area contributed by atoms with E-state index < -0.39 is 0 Å². The SMILES string of the molecule is CCCCCCN1CC(c2ccccc2)=C(c2ccccc2)C1. The highest BCUT2D eigenvalue weighted by molar-refractivity contribution is 5.94. The minimum absolute atomic E-state index is 1.08. The lowest BCUT2D eigenvalue weighted by atomic mass is 9.97. The molecule has 1 heteroatoms. The fraction of sp³-hybridized carbons (Fsp3) is 0.364. The molecule has 0 radical (unpaired) electrons. The molecule has 0 atom stereocenters. The third-order valence-corrected chi connectivity index (χ3v) is 4.70. The standard InChI is InChI=1S/C22H27N/c1-2-3-4-11-16-23-17-21(19-12-7-5-8-13-19)22(18-23)20-14-9-6-10-15-20/h5-10,12-15H,2-4,11,16-18H2,1H3. The van der Waals surface area contributed by atoms with Crippen LogP contribution in [0.25, 0.3) is 11.1 Å². The van der Waals surface area contributed by atoms with E-state index in [4.69, 9.17) is 0 Å². The van der Waals surface area contributed by atoms with E-state index in [1.807, 2.05) is 0 Å². The molecule has 120 valence electrons. The largest absolute Gasteiger partial charge is 0.295 e. The lowest BCUT2D eigenvalue weighted by Crippen LogP contribution is -2.22. The second-order valence-electron chi connectivity index (χ2n) is 6.46. The van der Waals surface area contributed by atoms with Gasteiger partial charge in [0.2, 0.25) is 0 Å². The Bertz CT molecular complexity index is 576. The van der Waals surface area contributed by atoms with E-state index in [0.29, 0.717) is 0 Å². The zero-order valence-corrected chi connectivity index (χ0v) is 14.2. The summed E-state index contributed by atoms with van der Waals surface area (Å²) >= 11 is 0. The average molecular weight is 305 g/mol. The molecule has 0 amide bonds. The molecular formula is C22H27N. The summed E-state index contributed by atoms with van der Waals surface area (Å²) in [7, 11) is 0. The van der Waals surface area contributed by atoms with Crippen molar-refractivity contribution in [1.82, 2.24) is 4.90 Å². The number of hydrogen-bond acceptors (Lipinski definition) is 1. The van der Waals surface area contributed by atoms with Gasteiger partial charge in [-0.05, 0) is 35.2 Å². The van der Waals surface area contributed by atoms with Gasteiger partial charge in [0.05, 0.1) is 0 Å². The Morgan fingerprint density at radius 1 is 0.696 bits per heavy atom. The van der Waals surface area contributed by atoms with Gasteiger partial charge >= 0.3 is 0 Å². The van der Waals surface area contributed by atoms with Gasteiger partial charge in [-0.25, -0.2) is 0 Å². The summed E-state index contributed by atoms with van der Waals surface area (Å²) in [6.07, 6.45) is 5.34. The molecule has 0 spiro atoms. The van der Waals surface area contributed by atoms with Gasteiger partial charge in [0, 0.05) is 13.1 Å². The second-order valence-corrected chi connectivity index (χ2v) is 6.46. The van der Waals surface area contributed by atoms with Crippen LogP contribution >= 0.6 is 0 Å². The summed E-state index contributed by atoms with van der Waals surface area (Å²) < 4.78 is 0. The minimum Gasteiger partial charge on any atom is -0.295 e. The van der Waals surface area contributed by atoms with Crippen molar-refractivity contribution < 1.29 is 0 Å². The van der Waals surface area contributed by atoms with Crippen LogP contribution in [0, 0.1) is 0 Å². The van der Waals surface area contributed by atoms with Crippen molar-refractivity contribution in [3.8, 4) is 0 Å². The molecule has 1 heterocycles. The molecule has 0 saturated heterocycles. The summed E-state index contributed by atoms with van der Waals surface area (Å²) in [5.74, 6) is 0. The van der Waals surface area contributed by atoms with E-state index in [9.17, 15) is 0 Å².